The lowest BCUT2D eigenvalue weighted by molar-refractivity contribution is -0.384. The van der Waals surface area contributed by atoms with E-state index in [1.54, 1.807) is 26.0 Å². The van der Waals surface area contributed by atoms with Gasteiger partial charge in [-0.25, -0.2) is 13.9 Å². The molecule has 13 nitrogen and oxygen atoms in total. The van der Waals surface area contributed by atoms with Crippen molar-refractivity contribution >= 4 is 21.6 Å². The largest absolute Gasteiger partial charge is 0.489 e. The molecule has 0 spiro atoms. The normalized spacial score (nSPS) is 25.3. The summed E-state index contributed by atoms with van der Waals surface area (Å²) in [5, 5.41) is 30.5. The molecule has 4 rings (SSSR count). The van der Waals surface area contributed by atoms with Crippen LogP contribution in [0.4, 0.5) is 5.69 Å². The molecule has 2 heterocycles. The van der Waals surface area contributed by atoms with Gasteiger partial charge in [-0.15, -0.1) is 0 Å². The molecule has 0 radical (unpaired) electrons. The standard InChI is InChI=1S/C23H27N3O10S/c1-23(2)35-21-18(11-20(28)24-29)25(12-19(27)22(21)36-23)37(32,33)17-9-7-16(8-10-17)34-13-14-3-5-15(6-4-14)26(30)31/h3-10,18-19,21-22,27,29H,11-13H2,1-2H3,(H,24,28)/t18-,19-,21+,22-/m1/s1. The van der Waals surface area contributed by atoms with Gasteiger partial charge >= 0.3 is 0 Å². The highest BCUT2D eigenvalue weighted by Crippen LogP contribution is 2.39. The average Bonchev–Trinajstić information content (AvgIpc) is 3.20. The number of nitro groups is 1. The van der Waals surface area contributed by atoms with E-state index in [4.69, 9.17) is 19.4 Å². The number of hydroxylamine groups is 1. The zero-order valence-electron chi connectivity index (χ0n) is 20.0. The van der Waals surface area contributed by atoms with Crippen LogP contribution in [-0.4, -0.2) is 70.6 Å². The molecule has 14 heteroatoms. The van der Waals surface area contributed by atoms with Crippen LogP contribution in [0.15, 0.2) is 53.4 Å². The number of amides is 1. The summed E-state index contributed by atoms with van der Waals surface area (Å²) < 4.78 is 45.4. The van der Waals surface area contributed by atoms with Gasteiger partial charge in [0.15, 0.2) is 5.79 Å². The van der Waals surface area contributed by atoms with Crippen LogP contribution in [0.25, 0.3) is 0 Å². The third kappa shape index (κ3) is 5.74. The van der Waals surface area contributed by atoms with Gasteiger partial charge in [0, 0.05) is 25.1 Å². The number of rotatable bonds is 8. The number of hydrogen-bond donors (Lipinski definition) is 3. The number of carbonyl (C=O) groups is 1. The van der Waals surface area contributed by atoms with E-state index >= 15 is 0 Å². The van der Waals surface area contributed by atoms with E-state index in [0.29, 0.717) is 11.3 Å². The first kappa shape index (κ1) is 26.9. The summed E-state index contributed by atoms with van der Waals surface area (Å²) in [5.41, 5.74) is 2.15. The van der Waals surface area contributed by atoms with Crippen LogP contribution in [0.1, 0.15) is 25.8 Å². The van der Waals surface area contributed by atoms with Crippen LogP contribution in [0, 0.1) is 10.1 Å². The molecule has 200 valence electrons. The molecule has 2 fully saturated rings. The monoisotopic (exact) mass is 537 g/mol. The molecule has 2 aliphatic rings. The van der Waals surface area contributed by atoms with Crippen molar-refractivity contribution in [2.24, 2.45) is 0 Å². The fourth-order valence-electron chi connectivity index (χ4n) is 4.45. The summed E-state index contributed by atoms with van der Waals surface area (Å²) >= 11 is 0. The van der Waals surface area contributed by atoms with Crippen molar-refractivity contribution in [1.82, 2.24) is 9.79 Å². The van der Waals surface area contributed by atoms with Crippen molar-refractivity contribution in [2.45, 2.75) is 61.9 Å². The van der Waals surface area contributed by atoms with Crippen molar-refractivity contribution in [1.29, 1.82) is 0 Å². The van der Waals surface area contributed by atoms with Crippen LogP contribution >= 0.6 is 0 Å². The molecular weight excluding hydrogens is 510 g/mol. The molecule has 1 amide bonds. The number of aliphatic hydroxyl groups is 1. The molecule has 0 unspecified atom stereocenters. The van der Waals surface area contributed by atoms with Crippen LogP contribution in [0.5, 0.6) is 5.75 Å². The maximum Gasteiger partial charge on any atom is 0.269 e. The van der Waals surface area contributed by atoms with E-state index in [2.05, 4.69) is 0 Å². The fourth-order valence-corrected chi connectivity index (χ4v) is 6.10. The van der Waals surface area contributed by atoms with Crippen molar-refractivity contribution in [3.8, 4) is 5.75 Å². The topological polar surface area (TPSA) is 178 Å². The van der Waals surface area contributed by atoms with Crippen molar-refractivity contribution in [2.75, 3.05) is 6.54 Å². The highest BCUT2D eigenvalue weighted by Gasteiger charge is 2.56. The zero-order chi connectivity index (χ0) is 27.0. The number of piperidine rings is 1. The third-order valence-corrected chi connectivity index (χ3v) is 8.07. The minimum atomic E-state index is -4.21. The van der Waals surface area contributed by atoms with Crippen LogP contribution in [0.2, 0.25) is 0 Å². The van der Waals surface area contributed by atoms with Gasteiger partial charge in [0.1, 0.15) is 24.6 Å². The number of aliphatic hydroxyl groups excluding tert-OH is 1. The molecule has 3 N–H and O–H groups in total. The molecule has 2 aromatic rings. The Morgan fingerprint density at radius 2 is 1.78 bits per heavy atom. The first-order valence-corrected chi connectivity index (χ1v) is 12.8. The highest BCUT2D eigenvalue weighted by molar-refractivity contribution is 7.89. The maximum absolute atomic E-state index is 13.6. The van der Waals surface area contributed by atoms with Gasteiger partial charge in [-0.1, -0.05) is 0 Å². The van der Waals surface area contributed by atoms with E-state index in [-0.39, 0.29) is 23.7 Å². The second-order valence-corrected chi connectivity index (χ2v) is 11.1. The van der Waals surface area contributed by atoms with Gasteiger partial charge in [-0.3, -0.25) is 20.1 Å². The lowest BCUT2D eigenvalue weighted by atomic mass is 9.94. The summed E-state index contributed by atoms with van der Waals surface area (Å²) in [6.45, 7) is 3.01. The number of β-amino-alcohol motifs (C(OH)–C–C–N with tert-alkyl or cyclic N) is 1. The molecule has 4 atom stereocenters. The number of carbonyl (C=O) groups excluding carboxylic acids is 1. The Bertz CT molecular complexity index is 1250. The molecule has 0 bridgehead atoms. The molecule has 0 saturated carbocycles. The van der Waals surface area contributed by atoms with E-state index < -0.39 is 57.4 Å². The van der Waals surface area contributed by atoms with Crippen molar-refractivity contribution in [3.63, 3.8) is 0 Å². The molecule has 2 aliphatic heterocycles. The Morgan fingerprint density at radius 1 is 1.16 bits per heavy atom. The molecule has 0 aliphatic carbocycles. The van der Waals surface area contributed by atoms with Gasteiger partial charge in [0.25, 0.3) is 5.69 Å². The highest BCUT2D eigenvalue weighted by atomic mass is 32.2. The molecule has 0 aromatic heterocycles. The fraction of sp³-hybridized carbons (Fsp3) is 0.435. The predicted molar refractivity (Wildman–Crippen MR) is 126 cm³/mol. The Kier molecular flexibility index (Phi) is 7.50. The van der Waals surface area contributed by atoms with Crippen LogP contribution < -0.4 is 10.2 Å². The third-order valence-electron chi connectivity index (χ3n) is 6.16. The molecular formula is C23H27N3O10S. The lowest BCUT2D eigenvalue weighted by Gasteiger charge is -2.42. The summed E-state index contributed by atoms with van der Waals surface area (Å²) in [4.78, 5) is 22.2. The molecule has 2 aromatic carbocycles. The van der Waals surface area contributed by atoms with Crippen LogP contribution in [0.3, 0.4) is 0 Å². The van der Waals surface area contributed by atoms with Crippen molar-refractivity contribution < 1.29 is 42.7 Å². The number of nitro benzene ring substituents is 1. The molecule has 2 saturated heterocycles. The number of ether oxygens (including phenoxy) is 3. The number of nitrogens with one attached hydrogen (secondary N) is 1. The average molecular weight is 538 g/mol. The Hall–Kier alpha value is -3.14. The van der Waals surface area contributed by atoms with Gasteiger partial charge < -0.3 is 19.3 Å². The maximum atomic E-state index is 13.6. The molecule has 37 heavy (non-hydrogen) atoms. The number of sulfonamides is 1. The second-order valence-electron chi connectivity index (χ2n) is 9.20. The van der Waals surface area contributed by atoms with E-state index in [1.165, 1.54) is 41.9 Å². The van der Waals surface area contributed by atoms with Gasteiger partial charge in [0.2, 0.25) is 15.9 Å². The van der Waals surface area contributed by atoms with Crippen LogP contribution in [-0.2, 0) is 30.9 Å². The van der Waals surface area contributed by atoms with E-state index in [1.807, 2.05) is 0 Å². The number of fused-ring (bicyclic) bond motifs is 1. The lowest BCUT2D eigenvalue weighted by Crippen LogP contribution is -2.62. The Morgan fingerprint density at radius 3 is 2.38 bits per heavy atom. The second kappa shape index (κ2) is 10.3. The Labute approximate surface area is 212 Å². The number of nitrogens with zero attached hydrogens (tertiary/aromatic N) is 2. The van der Waals surface area contributed by atoms with E-state index in [0.717, 1.165) is 4.31 Å². The summed E-state index contributed by atoms with van der Waals surface area (Å²) in [6, 6.07) is 10.4. The SMILES string of the molecule is CC1(C)O[C@@H]2[C@H](O1)[C@H](O)CN(S(=O)(=O)c1ccc(OCc3ccc([N+](=O)[O-])cc3)cc1)[C@@H]2CC(=O)NO. The minimum Gasteiger partial charge on any atom is -0.489 e. The minimum absolute atomic E-state index is 0.0413. The zero-order valence-corrected chi connectivity index (χ0v) is 20.8. The smallest absolute Gasteiger partial charge is 0.269 e. The van der Waals surface area contributed by atoms with Gasteiger partial charge in [0.05, 0.1) is 22.0 Å². The van der Waals surface area contributed by atoms with Gasteiger partial charge in [-0.05, 0) is 55.8 Å². The summed E-state index contributed by atoms with van der Waals surface area (Å²) in [5.74, 6) is -1.56. The first-order chi connectivity index (χ1) is 17.4. The Balaban J connectivity index is 1.52. The van der Waals surface area contributed by atoms with E-state index in [9.17, 15) is 28.4 Å². The number of benzene rings is 2. The first-order valence-electron chi connectivity index (χ1n) is 11.4. The quantitative estimate of drug-likeness (QED) is 0.253. The van der Waals surface area contributed by atoms with Crippen molar-refractivity contribution in [3.05, 3.63) is 64.2 Å². The summed E-state index contributed by atoms with van der Waals surface area (Å²) in [7, 11) is -4.21. The summed E-state index contributed by atoms with van der Waals surface area (Å²) in [6.07, 6.45) is -3.43. The van der Waals surface area contributed by atoms with Gasteiger partial charge in [-0.2, -0.15) is 4.31 Å². The number of hydrogen-bond acceptors (Lipinski definition) is 10. The predicted octanol–water partition coefficient (Wildman–Crippen LogP) is 1.32. The number of non-ortho nitro benzene ring substituents is 1.